The van der Waals surface area contributed by atoms with Crippen LogP contribution in [0.4, 0.5) is 13.2 Å². The van der Waals surface area contributed by atoms with Crippen molar-refractivity contribution in [1.82, 2.24) is 14.6 Å². The zero-order valence-electron chi connectivity index (χ0n) is 17.6. The molecule has 1 aliphatic heterocycles. The highest BCUT2D eigenvalue weighted by Gasteiger charge is 2.45. The molecule has 10 heteroatoms. The van der Waals surface area contributed by atoms with E-state index in [-0.39, 0.29) is 18.8 Å². The van der Waals surface area contributed by atoms with Crippen molar-refractivity contribution in [2.75, 3.05) is 18.8 Å². The van der Waals surface area contributed by atoms with Gasteiger partial charge in [0.15, 0.2) is 0 Å². The van der Waals surface area contributed by atoms with Crippen molar-refractivity contribution in [2.24, 2.45) is 5.92 Å². The Labute approximate surface area is 176 Å². The maximum Gasteiger partial charge on any atom is 0.392 e. The zero-order chi connectivity index (χ0) is 22.6. The molecule has 1 fully saturated rings. The summed E-state index contributed by atoms with van der Waals surface area (Å²) in [5.41, 5.74) is 0.0468. The van der Waals surface area contributed by atoms with Gasteiger partial charge in [0.25, 0.3) is 0 Å². The summed E-state index contributed by atoms with van der Waals surface area (Å²) in [5.74, 6) is -2.34. The van der Waals surface area contributed by atoms with Gasteiger partial charge in [0, 0.05) is 42.9 Å². The smallest absolute Gasteiger partial charge is 0.353 e. The van der Waals surface area contributed by atoms with Gasteiger partial charge in [-0.1, -0.05) is 19.9 Å². The first-order valence-corrected chi connectivity index (χ1v) is 11.8. The normalized spacial score (nSPS) is 19.8. The predicted molar refractivity (Wildman–Crippen MR) is 108 cm³/mol. The van der Waals surface area contributed by atoms with Crippen LogP contribution >= 0.6 is 0 Å². The number of piperidine rings is 1. The largest absolute Gasteiger partial charge is 0.392 e. The fourth-order valence-corrected chi connectivity index (χ4v) is 5.46. The van der Waals surface area contributed by atoms with Crippen molar-refractivity contribution in [1.29, 1.82) is 0 Å². The minimum Gasteiger partial charge on any atom is -0.353 e. The van der Waals surface area contributed by atoms with Gasteiger partial charge >= 0.3 is 6.18 Å². The summed E-state index contributed by atoms with van der Waals surface area (Å²) in [6.07, 6.45) is -2.10. The van der Waals surface area contributed by atoms with Gasteiger partial charge in [-0.05, 0) is 38.3 Å². The maximum atomic E-state index is 12.8. The molecule has 1 amide bonds. The van der Waals surface area contributed by atoms with Crippen molar-refractivity contribution in [3.63, 3.8) is 0 Å². The Morgan fingerprint density at radius 2 is 1.90 bits per heavy atom. The number of carbonyl (C=O) groups is 1. The first-order valence-electron chi connectivity index (χ1n) is 10.2. The highest BCUT2D eigenvalue weighted by atomic mass is 32.2. The van der Waals surface area contributed by atoms with Gasteiger partial charge in [-0.15, -0.1) is 0 Å². The molecule has 0 bridgehead atoms. The number of halogens is 3. The van der Waals surface area contributed by atoms with Crippen LogP contribution in [0.15, 0.2) is 24.4 Å². The number of carbonyl (C=O) groups excluding carboxylic acids is 1. The quantitative estimate of drug-likeness (QED) is 0.661. The lowest BCUT2D eigenvalue weighted by atomic mass is 9.70. The Hall–Kier alpha value is -1.68. The second-order valence-electron chi connectivity index (χ2n) is 8.02. The molecular formula is C20H30F3N3O3S. The molecule has 170 valence electrons. The molecular weight excluding hydrogens is 419 g/mol. The van der Waals surface area contributed by atoms with E-state index in [1.165, 1.54) is 4.31 Å². The molecule has 0 saturated carbocycles. The fourth-order valence-electron chi connectivity index (χ4n) is 3.95. The van der Waals surface area contributed by atoms with Gasteiger partial charge in [-0.3, -0.25) is 9.78 Å². The second-order valence-corrected chi connectivity index (χ2v) is 10.1. The topological polar surface area (TPSA) is 79.4 Å². The van der Waals surface area contributed by atoms with Crippen LogP contribution in [-0.2, 0) is 20.2 Å². The lowest BCUT2D eigenvalue weighted by Crippen LogP contribution is -2.56. The molecule has 2 atom stereocenters. The molecule has 2 heterocycles. The van der Waals surface area contributed by atoms with Crippen LogP contribution in [0.25, 0.3) is 0 Å². The average molecular weight is 450 g/mol. The summed E-state index contributed by atoms with van der Waals surface area (Å²) in [6, 6.07) is 4.88. The first-order chi connectivity index (χ1) is 13.9. The molecule has 1 aromatic heterocycles. The standard InChI is InChI=1S/C20H30F3N3O3S/c1-4-13-30(28,29)26-11-8-19(9-12-26,17-7-5-6-10-24-17)16(3)25-18(27)14-15(2)20(21,22)23/h5-7,10,15-16H,4,8-9,11-14H2,1-3H3,(H,25,27)/t15?,16-/m0/s1. The van der Waals surface area contributed by atoms with Crippen LogP contribution in [0.5, 0.6) is 0 Å². The van der Waals surface area contributed by atoms with Gasteiger partial charge in [0.1, 0.15) is 0 Å². The summed E-state index contributed by atoms with van der Waals surface area (Å²) in [5, 5.41) is 2.72. The Morgan fingerprint density at radius 3 is 2.40 bits per heavy atom. The number of sulfonamides is 1. The Balaban J connectivity index is 2.20. The SMILES string of the molecule is CCCS(=O)(=O)N1CCC(c2ccccn2)([C@H](C)NC(=O)CC(C)C(F)(F)F)CC1. The number of hydrogen-bond acceptors (Lipinski definition) is 4. The number of amides is 1. The lowest BCUT2D eigenvalue weighted by Gasteiger charge is -2.45. The molecule has 0 aliphatic carbocycles. The lowest BCUT2D eigenvalue weighted by molar-refractivity contribution is -0.174. The number of alkyl halides is 3. The number of nitrogens with one attached hydrogen (secondary N) is 1. The van der Waals surface area contributed by atoms with Gasteiger partial charge in [-0.25, -0.2) is 12.7 Å². The number of rotatable bonds is 8. The molecule has 0 radical (unpaired) electrons. The summed E-state index contributed by atoms with van der Waals surface area (Å²) in [7, 11) is -3.35. The molecule has 6 nitrogen and oxygen atoms in total. The second kappa shape index (κ2) is 9.64. The molecule has 1 aromatic rings. The number of nitrogens with zero attached hydrogens (tertiary/aromatic N) is 2. The van der Waals surface area contributed by atoms with E-state index in [2.05, 4.69) is 10.3 Å². The van der Waals surface area contributed by atoms with Crippen molar-refractivity contribution in [2.45, 2.75) is 64.1 Å². The summed E-state index contributed by atoms with van der Waals surface area (Å²) in [4.78, 5) is 16.7. The molecule has 0 spiro atoms. The minimum absolute atomic E-state index is 0.0746. The van der Waals surface area contributed by atoms with Crippen molar-refractivity contribution in [3.8, 4) is 0 Å². The highest BCUT2D eigenvalue weighted by Crippen LogP contribution is 2.38. The van der Waals surface area contributed by atoms with Crippen LogP contribution in [0.1, 0.15) is 52.1 Å². The van der Waals surface area contributed by atoms with Crippen molar-refractivity contribution in [3.05, 3.63) is 30.1 Å². The van der Waals surface area contributed by atoms with Gasteiger partial charge < -0.3 is 5.32 Å². The molecule has 1 saturated heterocycles. The van der Waals surface area contributed by atoms with E-state index in [0.717, 1.165) is 6.92 Å². The molecule has 2 rings (SSSR count). The van der Waals surface area contributed by atoms with Crippen LogP contribution in [-0.4, -0.2) is 54.7 Å². The first kappa shape index (κ1) is 24.6. The molecule has 0 aromatic carbocycles. The van der Waals surface area contributed by atoms with E-state index in [1.807, 2.05) is 12.1 Å². The van der Waals surface area contributed by atoms with Gasteiger partial charge in [0.2, 0.25) is 15.9 Å². The Morgan fingerprint density at radius 1 is 1.27 bits per heavy atom. The van der Waals surface area contributed by atoms with E-state index >= 15 is 0 Å². The zero-order valence-corrected chi connectivity index (χ0v) is 18.4. The molecule has 1 unspecified atom stereocenters. The number of aromatic nitrogens is 1. The summed E-state index contributed by atoms with van der Waals surface area (Å²) < 4.78 is 64.7. The van der Waals surface area contributed by atoms with Crippen LogP contribution in [0, 0.1) is 5.92 Å². The van der Waals surface area contributed by atoms with Gasteiger partial charge in [-0.2, -0.15) is 13.2 Å². The minimum atomic E-state index is -4.43. The van der Waals surface area contributed by atoms with Gasteiger partial charge in [0.05, 0.1) is 11.7 Å². The van der Waals surface area contributed by atoms with Crippen molar-refractivity contribution >= 4 is 15.9 Å². The van der Waals surface area contributed by atoms with E-state index in [0.29, 0.717) is 25.0 Å². The Kier molecular flexibility index (Phi) is 7.90. The summed E-state index contributed by atoms with van der Waals surface area (Å²) in [6.45, 7) is 5.09. The summed E-state index contributed by atoms with van der Waals surface area (Å²) >= 11 is 0. The maximum absolute atomic E-state index is 12.8. The highest BCUT2D eigenvalue weighted by molar-refractivity contribution is 7.89. The fraction of sp³-hybridized carbons (Fsp3) is 0.700. The third kappa shape index (κ3) is 5.72. The molecule has 1 aliphatic rings. The number of hydrogen-bond donors (Lipinski definition) is 1. The van der Waals surface area contributed by atoms with E-state index in [9.17, 15) is 26.4 Å². The van der Waals surface area contributed by atoms with E-state index in [4.69, 9.17) is 0 Å². The van der Waals surface area contributed by atoms with Crippen LogP contribution < -0.4 is 5.32 Å². The molecule has 30 heavy (non-hydrogen) atoms. The van der Waals surface area contributed by atoms with Crippen LogP contribution in [0.2, 0.25) is 0 Å². The third-order valence-corrected chi connectivity index (χ3v) is 7.98. The third-order valence-electron chi connectivity index (χ3n) is 5.90. The Bertz CT molecular complexity index is 808. The van der Waals surface area contributed by atoms with Crippen LogP contribution in [0.3, 0.4) is 0 Å². The predicted octanol–water partition coefficient (Wildman–Crippen LogP) is 3.25. The average Bonchev–Trinajstić information content (AvgIpc) is 2.67. The number of pyridine rings is 1. The van der Waals surface area contributed by atoms with Crippen molar-refractivity contribution < 1.29 is 26.4 Å². The van der Waals surface area contributed by atoms with E-state index in [1.54, 1.807) is 26.1 Å². The van der Waals surface area contributed by atoms with E-state index < -0.39 is 45.9 Å². The molecule has 1 N–H and O–H groups in total. The monoisotopic (exact) mass is 449 g/mol.